The van der Waals surface area contributed by atoms with Crippen molar-refractivity contribution >= 4 is 39.8 Å². The Hall–Kier alpha value is -0.870. The van der Waals surface area contributed by atoms with E-state index in [2.05, 4.69) is 17.2 Å². The lowest BCUT2D eigenvalue weighted by atomic mass is 9.89. The van der Waals surface area contributed by atoms with Crippen LogP contribution >= 0.6 is 23.7 Å². The summed E-state index contributed by atoms with van der Waals surface area (Å²) >= 11 is 1.91. The van der Waals surface area contributed by atoms with Gasteiger partial charge in [0.05, 0.1) is 5.39 Å². The van der Waals surface area contributed by atoms with Crippen molar-refractivity contribution in [2.75, 3.05) is 5.32 Å². The van der Waals surface area contributed by atoms with Crippen molar-refractivity contribution < 1.29 is 0 Å². The number of nitrogens with one attached hydrogen (secondary N) is 1. The molecule has 3 nitrogen and oxygen atoms in total. The Morgan fingerprint density at radius 3 is 2.21 bits per heavy atom. The predicted octanol–water partition coefficient (Wildman–Crippen LogP) is 7.32. The van der Waals surface area contributed by atoms with Crippen LogP contribution in [0.15, 0.2) is 6.33 Å². The van der Waals surface area contributed by atoms with Gasteiger partial charge in [-0.3, -0.25) is 0 Å². The fourth-order valence-corrected chi connectivity index (χ4v) is 6.24. The first-order valence-electron chi connectivity index (χ1n) is 11.3. The Morgan fingerprint density at radius 2 is 1.54 bits per heavy atom. The molecule has 1 atom stereocenters. The van der Waals surface area contributed by atoms with Crippen LogP contribution in [-0.2, 0) is 12.8 Å². The van der Waals surface area contributed by atoms with Crippen molar-refractivity contribution in [3.63, 3.8) is 0 Å². The average molecular weight is 422 g/mol. The summed E-state index contributed by atoms with van der Waals surface area (Å²) in [4.78, 5) is 12.1. The quantitative estimate of drug-likeness (QED) is 0.551. The SMILES string of the molecule is CC1CCc2c(sc3ncnc(NC4CCCCCCCCCCC4)c23)C1.Cl. The highest BCUT2D eigenvalue weighted by Crippen LogP contribution is 2.40. The molecular formula is C23H36ClN3S. The molecule has 0 aromatic carbocycles. The first-order chi connectivity index (χ1) is 13.3. The molecule has 28 heavy (non-hydrogen) atoms. The second kappa shape index (κ2) is 10.8. The number of rotatable bonds is 2. The highest BCUT2D eigenvalue weighted by molar-refractivity contribution is 7.19. The van der Waals surface area contributed by atoms with Crippen LogP contribution in [0, 0.1) is 5.92 Å². The first kappa shape index (κ1) is 21.8. The second-order valence-electron chi connectivity index (χ2n) is 8.85. The summed E-state index contributed by atoms with van der Waals surface area (Å²) in [6, 6.07) is 0.570. The van der Waals surface area contributed by atoms with Gasteiger partial charge < -0.3 is 5.32 Å². The van der Waals surface area contributed by atoms with Crippen LogP contribution in [-0.4, -0.2) is 16.0 Å². The second-order valence-corrected chi connectivity index (χ2v) is 9.94. The smallest absolute Gasteiger partial charge is 0.138 e. The molecule has 1 fully saturated rings. The van der Waals surface area contributed by atoms with E-state index in [-0.39, 0.29) is 12.4 Å². The maximum absolute atomic E-state index is 4.71. The van der Waals surface area contributed by atoms with E-state index in [4.69, 9.17) is 4.98 Å². The number of hydrogen-bond acceptors (Lipinski definition) is 4. The van der Waals surface area contributed by atoms with E-state index in [0.29, 0.717) is 6.04 Å². The third kappa shape index (κ3) is 5.38. The Bertz CT molecular complexity index is 733. The highest BCUT2D eigenvalue weighted by Gasteiger charge is 2.23. The van der Waals surface area contributed by atoms with Gasteiger partial charge in [0.1, 0.15) is 17.0 Å². The number of hydrogen-bond donors (Lipinski definition) is 1. The molecule has 156 valence electrons. The van der Waals surface area contributed by atoms with Crippen molar-refractivity contribution in [1.29, 1.82) is 0 Å². The zero-order valence-corrected chi connectivity index (χ0v) is 19.0. The fourth-order valence-electron chi connectivity index (χ4n) is 4.89. The summed E-state index contributed by atoms with van der Waals surface area (Å²) in [5.74, 6) is 1.92. The molecule has 0 spiro atoms. The van der Waals surface area contributed by atoms with E-state index in [1.165, 1.54) is 100 Å². The van der Waals surface area contributed by atoms with Crippen LogP contribution in [0.5, 0.6) is 0 Å². The van der Waals surface area contributed by atoms with Crippen molar-refractivity contribution in [2.24, 2.45) is 5.92 Å². The molecule has 1 N–H and O–H groups in total. The molecule has 0 amide bonds. The highest BCUT2D eigenvalue weighted by atomic mass is 35.5. The maximum Gasteiger partial charge on any atom is 0.138 e. The summed E-state index contributed by atoms with van der Waals surface area (Å²) < 4.78 is 0. The number of nitrogens with zero attached hydrogens (tertiary/aromatic N) is 2. The standard InChI is InChI=1S/C23H35N3S.ClH/c1-17-13-14-19-20(15-17)27-23-21(19)22(24-16-25-23)26-18-11-9-7-5-3-2-4-6-8-10-12-18;/h16-18H,2-15H2,1H3,(H,24,25,26);1H. The molecule has 1 unspecified atom stereocenters. The van der Waals surface area contributed by atoms with Crippen molar-refractivity contribution in [3.8, 4) is 0 Å². The molecule has 2 aromatic rings. The summed E-state index contributed by atoms with van der Waals surface area (Å²) in [5.41, 5.74) is 1.55. The largest absolute Gasteiger partial charge is 0.367 e. The minimum absolute atomic E-state index is 0. The van der Waals surface area contributed by atoms with Gasteiger partial charge in [0.15, 0.2) is 0 Å². The summed E-state index contributed by atoms with van der Waals surface area (Å²) in [5, 5.41) is 5.22. The molecule has 2 heterocycles. The average Bonchev–Trinajstić information content (AvgIpc) is 3.02. The lowest BCUT2D eigenvalue weighted by Gasteiger charge is -2.22. The Balaban J connectivity index is 0.00000225. The number of fused-ring (bicyclic) bond motifs is 3. The topological polar surface area (TPSA) is 37.8 Å². The predicted molar refractivity (Wildman–Crippen MR) is 124 cm³/mol. The van der Waals surface area contributed by atoms with Crippen molar-refractivity contribution in [2.45, 2.75) is 103 Å². The van der Waals surface area contributed by atoms with Gasteiger partial charge in [0.25, 0.3) is 0 Å². The van der Waals surface area contributed by atoms with Gasteiger partial charge in [-0.1, -0.05) is 64.7 Å². The van der Waals surface area contributed by atoms with Gasteiger partial charge in [-0.2, -0.15) is 0 Å². The van der Waals surface area contributed by atoms with E-state index >= 15 is 0 Å². The van der Waals surface area contributed by atoms with E-state index in [1.54, 1.807) is 16.8 Å². The Morgan fingerprint density at radius 1 is 0.893 bits per heavy atom. The molecule has 0 saturated heterocycles. The molecule has 2 aliphatic carbocycles. The third-order valence-electron chi connectivity index (χ3n) is 6.54. The fraction of sp³-hybridized carbons (Fsp3) is 0.739. The molecule has 2 aromatic heterocycles. The third-order valence-corrected chi connectivity index (χ3v) is 7.70. The Labute approximate surface area is 180 Å². The van der Waals surface area contributed by atoms with Gasteiger partial charge in [0.2, 0.25) is 0 Å². The van der Waals surface area contributed by atoms with Gasteiger partial charge in [-0.05, 0) is 43.6 Å². The minimum atomic E-state index is 0. The molecular weight excluding hydrogens is 386 g/mol. The monoisotopic (exact) mass is 421 g/mol. The minimum Gasteiger partial charge on any atom is -0.367 e. The number of anilines is 1. The molecule has 0 aliphatic heterocycles. The van der Waals surface area contributed by atoms with Crippen LogP contribution in [0.25, 0.3) is 10.2 Å². The van der Waals surface area contributed by atoms with E-state index in [0.717, 1.165) is 11.7 Å². The number of halogens is 1. The zero-order valence-electron chi connectivity index (χ0n) is 17.3. The molecule has 5 heteroatoms. The molecule has 0 radical (unpaired) electrons. The van der Waals surface area contributed by atoms with Crippen LogP contribution in [0.4, 0.5) is 5.82 Å². The summed E-state index contributed by atoms with van der Waals surface area (Å²) in [6.07, 6.45) is 20.7. The van der Waals surface area contributed by atoms with Crippen LogP contribution in [0.1, 0.15) is 94.4 Å². The van der Waals surface area contributed by atoms with E-state index in [9.17, 15) is 0 Å². The molecule has 4 rings (SSSR count). The molecule has 0 bridgehead atoms. The number of aryl methyl sites for hydroxylation is 1. The lowest BCUT2D eigenvalue weighted by molar-refractivity contribution is 0.479. The Kier molecular flexibility index (Phi) is 8.40. The molecule has 1 saturated carbocycles. The summed E-state index contributed by atoms with van der Waals surface area (Å²) in [7, 11) is 0. The normalized spacial score (nSPS) is 22.5. The maximum atomic E-state index is 4.71. The van der Waals surface area contributed by atoms with Gasteiger partial charge in [-0.15, -0.1) is 23.7 Å². The number of aromatic nitrogens is 2. The summed E-state index contributed by atoms with van der Waals surface area (Å²) in [6.45, 7) is 2.38. The lowest BCUT2D eigenvalue weighted by Crippen LogP contribution is -2.21. The van der Waals surface area contributed by atoms with Gasteiger partial charge in [-0.25, -0.2) is 9.97 Å². The van der Waals surface area contributed by atoms with Crippen molar-refractivity contribution in [1.82, 2.24) is 9.97 Å². The van der Waals surface area contributed by atoms with Crippen LogP contribution in [0.2, 0.25) is 0 Å². The van der Waals surface area contributed by atoms with Crippen LogP contribution in [0.3, 0.4) is 0 Å². The first-order valence-corrected chi connectivity index (χ1v) is 12.1. The molecule has 2 aliphatic rings. The van der Waals surface area contributed by atoms with Crippen LogP contribution < -0.4 is 5.32 Å². The van der Waals surface area contributed by atoms with E-state index < -0.39 is 0 Å². The van der Waals surface area contributed by atoms with E-state index in [1.807, 2.05) is 11.3 Å². The van der Waals surface area contributed by atoms with Gasteiger partial charge >= 0.3 is 0 Å². The van der Waals surface area contributed by atoms with Crippen molar-refractivity contribution in [3.05, 3.63) is 16.8 Å². The number of thiophene rings is 1. The van der Waals surface area contributed by atoms with Gasteiger partial charge in [0, 0.05) is 10.9 Å². The zero-order chi connectivity index (χ0) is 18.5.